The fraction of sp³-hybridized carbons (Fsp3) is 0.667. The van der Waals surface area contributed by atoms with E-state index in [1.807, 2.05) is 6.21 Å². The Hall–Kier alpha value is 0.774. The molecule has 0 saturated carbocycles. The van der Waals surface area contributed by atoms with Crippen LogP contribution < -0.4 is 0 Å². The van der Waals surface area contributed by atoms with Crippen LogP contribution in [-0.2, 0) is 32.7 Å². The van der Waals surface area contributed by atoms with Crippen LogP contribution in [0.3, 0.4) is 0 Å². The second-order valence-electron chi connectivity index (χ2n) is 0.250. The van der Waals surface area contributed by atoms with Gasteiger partial charge in [0.05, 0.1) is 0 Å². The fourth-order valence-corrected chi connectivity index (χ4v) is 0. The van der Waals surface area contributed by atoms with E-state index in [2.05, 4.69) is 0 Å². The van der Waals surface area contributed by atoms with Crippen LogP contribution in [0.2, 0.25) is 0 Å². The first kappa shape index (κ1) is 17.1. The number of rotatable bonds is 0. The second-order valence-corrected chi connectivity index (χ2v) is 0.250. The SMILES string of the molecule is C.C[C-]=N.[Y]. The molecule has 0 amide bonds. The average molecular weight is 147 g/mol. The topological polar surface area (TPSA) is 23.9 Å². The minimum Gasteiger partial charge on any atom is -0.519 e. The molecule has 1 radical (unpaired) electrons. The van der Waals surface area contributed by atoms with Crippen LogP contribution in [0.4, 0.5) is 0 Å². The average Bonchev–Trinajstić information content (AvgIpc) is 0.918. The van der Waals surface area contributed by atoms with Crippen molar-refractivity contribution in [3.05, 3.63) is 0 Å². The fourth-order valence-electron chi connectivity index (χ4n) is 0. The van der Waals surface area contributed by atoms with E-state index in [0.717, 1.165) is 0 Å². The molecule has 0 aliphatic heterocycles. The Morgan fingerprint density at radius 2 is 1.60 bits per heavy atom. The molecule has 0 aliphatic carbocycles. The van der Waals surface area contributed by atoms with E-state index < -0.39 is 0 Å². The Labute approximate surface area is 58.5 Å². The van der Waals surface area contributed by atoms with E-state index in [-0.39, 0.29) is 40.1 Å². The summed E-state index contributed by atoms with van der Waals surface area (Å²) in [6.07, 6.45) is 2.00. The molecule has 0 aromatic heterocycles. The summed E-state index contributed by atoms with van der Waals surface area (Å²) < 4.78 is 0. The van der Waals surface area contributed by atoms with Gasteiger partial charge in [-0.3, -0.25) is 0 Å². The molecule has 0 heterocycles. The van der Waals surface area contributed by atoms with Gasteiger partial charge in [0.1, 0.15) is 0 Å². The van der Waals surface area contributed by atoms with Crippen LogP contribution in [0.1, 0.15) is 14.4 Å². The Morgan fingerprint density at radius 1 is 1.60 bits per heavy atom. The Morgan fingerprint density at radius 3 is 1.60 bits per heavy atom. The summed E-state index contributed by atoms with van der Waals surface area (Å²) in [7, 11) is 0. The monoisotopic (exact) mass is 147 g/mol. The van der Waals surface area contributed by atoms with Crippen LogP contribution >= 0.6 is 0 Å². The molecule has 29 valence electrons. The third-order valence-corrected chi connectivity index (χ3v) is 0. The van der Waals surface area contributed by atoms with Gasteiger partial charge in [-0.1, -0.05) is 7.43 Å². The first-order valence-corrected chi connectivity index (χ1v) is 0.750. The number of hydrogen-bond acceptors (Lipinski definition) is 1. The zero-order valence-corrected chi connectivity index (χ0v) is 5.42. The summed E-state index contributed by atoms with van der Waals surface area (Å²) >= 11 is 0. The van der Waals surface area contributed by atoms with E-state index in [4.69, 9.17) is 5.41 Å². The Balaban J connectivity index is -0.0000000200. The van der Waals surface area contributed by atoms with Crippen molar-refractivity contribution in [1.29, 1.82) is 5.41 Å². The van der Waals surface area contributed by atoms with E-state index in [0.29, 0.717) is 0 Å². The van der Waals surface area contributed by atoms with E-state index >= 15 is 0 Å². The summed E-state index contributed by atoms with van der Waals surface area (Å²) in [5, 5.41) is 5.96. The Kier molecular flexibility index (Phi) is 73.9. The summed E-state index contributed by atoms with van der Waals surface area (Å²) in [5.41, 5.74) is 0. The largest absolute Gasteiger partial charge is 0.519 e. The van der Waals surface area contributed by atoms with Gasteiger partial charge in [0.25, 0.3) is 0 Å². The molecule has 0 atom stereocenters. The maximum atomic E-state index is 5.96. The van der Waals surface area contributed by atoms with Gasteiger partial charge in [0, 0.05) is 32.7 Å². The maximum Gasteiger partial charge on any atom is 0 e. The molecule has 1 nitrogen and oxygen atoms in total. The molecule has 0 aromatic carbocycles. The predicted octanol–water partition coefficient (Wildman–Crippen LogP) is 1.17. The zero-order chi connectivity index (χ0) is 2.71. The van der Waals surface area contributed by atoms with Crippen molar-refractivity contribution in [2.24, 2.45) is 0 Å². The molecular weight excluding hydrogens is 139 g/mol. The third-order valence-electron chi connectivity index (χ3n) is 0. The normalized spacial score (nSPS) is 2.60. The maximum absolute atomic E-state index is 5.96. The van der Waals surface area contributed by atoms with Crippen LogP contribution in [0.5, 0.6) is 0 Å². The summed E-state index contributed by atoms with van der Waals surface area (Å²) in [5.74, 6) is 0. The van der Waals surface area contributed by atoms with Gasteiger partial charge in [-0.15, -0.1) is 0 Å². The summed E-state index contributed by atoms with van der Waals surface area (Å²) in [6, 6.07) is 0. The van der Waals surface area contributed by atoms with Crippen molar-refractivity contribution in [2.75, 3.05) is 0 Å². The molecule has 0 spiro atoms. The standard InChI is InChI=1S/C2H4N.CH4.Y/c1-2-3;;/h3H,1H3;1H4;/q-1;;. The van der Waals surface area contributed by atoms with Gasteiger partial charge in [0.2, 0.25) is 0 Å². The van der Waals surface area contributed by atoms with E-state index in [1.54, 1.807) is 6.92 Å². The summed E-state index contributed by atoms with van der Waals surface area (Å²) in [6.45, 7) is 1.54. The summed E-state index contributed by atoms with van der Waals surface area (Å²) in [4.78, 5) is 0. The van der Waals surface area contributed by atoms with Gasteiger partial charge in [-0.25, -0.2) is 0 Å². The van der Waals surface area contributed by atoms with Gasteiger partial charge in [-0.05, 0) is 0 Å². The molecule has 0 saturated heterocycles. The van der Waals surface area contributed by atoms with Crippen molar-refractivity contribution in [2.45, 2.75) is 14.4 Å². The van der Waals surface area contributed by atoms with Crippen molar-refractivity contribution in [3.63, 3.8) is 0 Å². The molecule has 0 bridgehead atoms. The number of nitrogens with one attached hydrogen (secondary N) is 1. The molecule has 0 unspecified atom stereocenters. The third kappa shape index (κ3) is 61.3. The molecule has 2 heteroatoms. The number of hydrogen-bond donors (Lipinski definition) is 1. The minimum absolute atomic E-state index is 0. The van der Waals surface area contributed by atoms with Crippen LogP contribution in [0.25, 0.3) is 0 Å². The van der Waals surface area contributed by atoms with Crippen molar-refractivity contribution in [1.82, 2.24) is 0 Å². The molecule has 0 rings (SSSR count). The van der Waals surface area contributed by atoms with E-state index in [1.165, 1.54) is 0 Å². The molecule has 5 heavy (non-hydrogen) atoms. The smallest absolute Gasteiger partial charge is 0 e. The van der Waals surface area contributed by atoms with Gasteiger partial charge in [-0.2, -0.15) is 6.92 Å². The van der Waals surface area contributed by atoms with Crippen LogP contribution in [0, 0.1) is 5.41 Å². The first-order valence-electron chi connectivity index (χ1n) is 0.750. The minimum atomic E-state index is 0. The van der Waals surface area contributed by atoms with Crippen LogP contribution in [0.15, 0.2) is 0 Å². The predicted molar refractivity (Wildman–Crippen MR) is 20.1 cm³/mol. The van der Waals surface area contributed by atoms with Crippen molar-refractivity contribution in [3.8, 4) is 0 Å². The van der Waals surface area contributed by atoms with Crippen LogP contribution in [-0.4, -0.2) is 6.21 Å². The van der Waals surface area contributed by atoms with Crippen molar-refractivity contribution < 1.29 is 32.7 Å². The Bertz CT molecular complexity index is 14.4. The quantitative estimate of drug-likeness (QED) is 0.392. The molecule has 0 fully saturated rings. The molecule has 1 N–H and O–H groups in total. The van der Waals surface area contributed by atoms with Gasteiger partial charge in [0.15, 0.2) is 0 Å². The molecular formula is C3H8NY-. The first-order chi connectivity index (χ1) is 1.41. The van der Waals surface area contributed by atoms with E-state index in [9.17, 15) is 0 Å². The second kappa shape index (κ2) is 21.6. The van der Waals surface area contributed by atoms with Gasteiger partial charge < -0.3 is 11.6 Å². The molecule has 0 aromatic rings. The zero-order valence-electron chi connectivity index (χ0n) is 2.58. The molecule has 0 aliphatic rings. The van der Waals surface area contributed by atoms with Crippen molar-refractivity contribution >= 4 is 6.21 Å². The van der Waals surface area contributed by atoms with Gasteiger partial charge >= 0.3 is 0 Å².